The summed E-state index contributed by atoms with van der Waals surface area (Å²) in [5.41, 5.74) is -0.0805. The lowest BCUT2D eigenvalue weighted by atomic mass is 9.44. The van der Waals surface area contributed by atoms with E-state index in [0.717, 1.165) is 18.4 Å². The van der Waals surface area contributed by atoms with Crippen molar-refractivity contribution in [1.29, 1.82) is 0 Å². The largest absolute Gasteiger partial charge is 0.469 e. The van der Waals surface area contributed by atoms with Gasteiger partial charge in [-0.25, -0.2) is 0 Å². The molecule has 5 nitrogen and oxygen atoms in total. The van der Waals surface area contributed by atoms with Gasteiger partial charge in [-0.15, -0.1) is 0 Å². The molecule has 6 fully saturated rings. The predicted octanol–water partition coefficient (Wildman–Crippen LogP) is 2.29. The zero-order valence-corrected chi connectivity index (χ0v) is 14.9. The molecule has 2 heterocycles. The van der Waals surface area contributed by atoms with Crippen LogP contribution in [-0.2, 0) is 29.4 Å². The maximum atomic E-state index is 13.2. The highest BCUT2D eigenvalue weighted by molar-refractivity contribution is 5.89. The average molecular weight is 354 g/mol. The van der Waals surface area contributed by atoms with Crippen molar-refractivity contribution in [3.05, 3.63) is 35.9 Å². The van der Waals surface area contributed by atoms with Crippen molar-refractivity contribution in [2.75, 3.05) is 14.2 Å². The number of methoxy groups -OCH3 is 2. The molecule has 5 bridgehead atoms. The van der Waals surface area contributed by atoms with Gasteiger partial charge in [0.05, 0.1) is 31.7 Å². The topological polar surface area (TPSA) is 61.8 Å². The number of esters is 2. The summed E-state index contributed by atoms with van der Waals surface area (Å²) in [6.07, 6.45) is 2.75. The number of carbonyl (C=O) groups is 2. The van der Waals surface area contributed by atoms with Gasteiger partial charge < -0.3 is 14.2 Å². The molecule has 7 rings (SSSR count). The highest BCUT2D eigenvalue weighted by Crippen LogP contribution is 2.90. The first kappa shape index (κ1) is 15.2. The Balaban J connectivity index is 1.58. The molecule has 7 atom stereocenters. The molecule has 2 saturated heterocycles. The third-order valence-corrected chi connectivity index (χ3v) is 8.37. The van der Waals surface area contributed by atoms with Gasteiger partial charge in [0.25, 0.3) is 0 Å². The van der Waals surface area contributed by atoms with E-state index in [0.29, 0.717) is 12.3 Å². The Labute approximate surface area is 152 Å². The molecule has 0 amide bonds. The zero-order chi connectivity index (χ0) is 17.9. The average Bonchev–Trinajstić information content (AvgIpc) is 3.40. The number of ether oxygens (including phenoxy) is 3. The van der Waals surface area contributed by atoms with E-state index < -0.39 is 16.9 Å². The predicted molar refractivity (Wildman–Crippen MR) is 89.7 cm³/mol. The Bertz CT molecular complexity index is 830. The second kappa shape index (κ2) is 4.33. The van der Waals surface area contributed by atoms with E-state index in [-0.39, 0.29) is 35.3 Å². The quantitative estimate of drug-likeness (QED) is 0.780. The molecule has 1 spiro atoms. The second-order valence-electron chi connectivity index (χ2n) is 8.81. The molecular formula is C21H22O5. The van der Waals surface area contributed by atoms with E-state index in [2.05, 4.69) is 12.1 Å². The van der Waals surface area contributed by atoms with E-state index in [1.165, 1.54) is 14.2 Å². The molecule has 0 aromatic heterocycles. The summed E-state index contributed by atoms with van der Waals surface area (Å²) in [4.78, 5) is 26.0. The molecule has 6 aliphatic rings. The van der Waals surface area contributed by atoms with Crippen LogP contribution in [0.1, 0.15) is 24.8 Å². The molecule has 1 aromatic rings. The Morgan fingerprint density at radius 1 is 1.08 bits per heavy atom. The van der Waals surface area contributed by atoms with Crippen LogP contribution in [0.2, 0.25) is 0 Å². The molecule has 136 valence electrons. The zero-order valence-electron chi connectivity index (χ0n) is 14.9. The lowest BCUT2D eigenvalue weighted by molar-refractivity contribution is -0.362. The first-order chi connectivity index (χ1) is 12.6. The molecule has 1 aromatic carbocycles. The maximum absolute atomic E-state index is 13.2. The van der Waals surface area contributed by atoms with Gasteiger partial charge in [0, 0.05) is 11.8 Å². The van der Waals surface area contributed by atoms with Crippen LogP contribution in [0, 0.1) is 34.5 Å². The minimum Gasteiger partial charge on any atom is -0.469 e. The van der Waals surface area contributed by atoms with E-state index in [1.807, 2.05) is 18.2 Å². The van der Waals surface area contributed by atoms with Gasteiger partial charge in [0.1, 0.15) is 5.60 Å². The van der Waals surface area contributed by atoms with Crippen LogP contribution in [0.15, 0.2) is 30.3 Å². The van der Waals surface area contributed by atoms with E-state index in [9.17, 15) is 9.59 Å². The van der Waals surface area contributed by atoms with Crippen molar-refractivity contribution >= 4 is 11.9 Å². The van der Waals surface area contributed by atoms with Crippen LogP contribution in [0.5, 0.6) is 0 Å². The van der Waals surface area contributed by atoms with Gasteiger partial charge in [0.15, 0.2) is 0 Å². The monoisotopic (exact) mass is 354 g/mol. The van der Waals surface area contributed by atoms with E-state index in [4.69, 9.17) is 14.2 Å². The Hall–Kier alpha value is -1.88. The number of hydrogen-bond acceptors (Lipinski definition) is 5. The van der Waals surface area contributed by atoms with Crippen molar-refractivity contribution in [3.8, 4) is 0 Å². The van der Waals surface area contributed by atoms with Crippen LogP contribution < -0.4 is 0 Å². The fourth-order valence-electron chi connectivity index (χ4n) is 7.79. The van der Waals surface area contributed by atoms with Gasteiger partial charge in [-0.05, 0) is 36.2 Å². The highest BCUT2D eigenvalue weighted by atomic mass is 16.6. The summed E-state index contributed by atoms with van der Waals surface area (Å²) < 4.78 is 17.0. The molecule has 26 heavy (non-hydrogen) atoms. The first-order valence-electron chi connectivity index (χ1n) is 9.46. The van der Waals surface area contributed by atoms with Gasteiger partial charge in [0.2, 0.25) is 0 Å². The summed E-state index contributed by atoms with van der Waals surface area (Å²) in [7, 11) is 2.86. The van der Waals surface area contributed by atoms with Crippen molar-refractivity contribution < 1.29 is 23.8 Å². The van der Waals surface area contributed by atoms with E-state index >= 15 is 0 Å². The number of benzene rings is 1. The standard InChI is InChI=1S/C21H22O5/c1-24-17(22)14-12-13-15-16(19(12)8-9-19)20(14,18(23)25-2)10-21(13,26-15)11-6-4-3-5-7-11/h3-7,12-16H,8-10H2,1-2H3/t12-,13-,14-,15-,16-,20-,21?/m1/s1. The lowest BCUT2D eigenvalue weighted by Crippen LogP contribution is -2.75. The smallest absolute Gasteiger partial charge is 0.313 e. The molecular weight excluding hydrogens is 332 g/mol. The number of carbonyl (C=O) groups excluding carboxylic acids is 2. The molecule has 0 N–H and O–H groups in total. The summed E-state index contributed by atoms with van der Waals surface area (Å²) in [6.45, 7) is 0. The summed E-state index contributed by atoms with van der Waals surface area (Å²) in [6, 6.07) is 10.2. The SMILES string of the molecule is COC(=O)[C@H]1[C@H]2[C@@H]3[C@H]4OC3(c3ccccc3)C[C@]1(C(=O)OC)[C@H]4C21CC1. The van der Waals surface area contributed by atoms with Crippen LogP contribution >= 0.6 is 0 Å². The highest BCUT2D eigenvalue weighted by Gasteiger charge is 2.94. The van der Waals surface area contributed by atoms with Gasteiger partial charge in [-0.1, -0.05) is 30.3 Å². The fraction of sp³-hybridized carbons (Fsp3) is 0.619. The second-order valence-corrected chi connectivity index (χ2v) is 8.81. The lowest BCUT2D eigenvalue weighted by Gasteiger charge is -2.69. The molecule has 0 radical (unpaired) electrons. The molecule has 1 unspecified atom stereocenters. The van der Waals surface area contributed by atoms with Crippen LogP contribution in [0.3, 0.4) is 0 Å². The summed E-state index contributed by atoms with van der Waals surface area (Å²) in [5, 5.41) is 0. The molecule has 2 aliphatic heterocycles. The third kappa shape index (κ3) is 1.27. The van der Waals surface area contributed by atoms with Gasteiger partial charge in [-0.3, -0.25) is 9.59 Å². The molecule has 5 heteroatoms. The van der Waals surface area contributed by atoms with Crippen molar-refractivity contribution in [2.45, 2.75) is 31.0 Å². The third-order valence-electron chi connectivity index (χ3n) is 8.37. The first-order valence-corrected chi connectivity index (χ1v) is 9.46. The van der Waals surface area contributed by atoms with Crippen molar-refractivity contribution in [2.24, 2.45) is 34.5 Å². The normalized spacial score (nSPS) is 47.5. The summed E-state index contributed by atoms with van der Waals surface area (Å²) >= 11 is 0. The van der Waals surface area contributed by atoms with E-state index in [1.54, 1.807) is 0 Å². The van der Waals surface area contributed by atoms with Crippen molar-refractivity contribution in [3.63, 3.8) is 0 Å². The Morgan fingerprint density at radius 3 is 2.42 bits per heavy atom. The molecule has 4 aliphatic carbocycles. The minimum absolute atomic E-state index is 0.0649. The Morgan fingerprint density at radius 2 is 1.81 bits per heavy atom. The summed E-state index contributed by atoms with van der Waals surface area (Å²) in [5.74, 6) is -0.346. The number of hydrogen-bond donors (Lipinski definition) is 0. The van der Waals surface area contributed by atoms with Gasteiger partial charge in [-0.2, -0.15) is 0 Å². The maximum Gasteiger partial charge on any atom is 0.313 e. The van der Waals surface area contributed by atoms with Gasteiger partial charge >= 0.3 is 11.9 Å². The Kier molecular flexibility index (Phi) is 2.53. The number of rotatable bonds is 3. The molecule has 4 saturated carbocycles. The van der Waals surface area contributed by atoms with Crippen LogP contribution in [0.25, 0.3) is 0 Å². The fourth-order valence-corrected chi connectivity index (χ4v) is 7.79. The van der Waals surface area contributed by atoms with Crippen LogP contribution in [0.4, 0.5) is 0 Å². The van der Waals surface area contributed by atoms with Crippen molar-refractivity contribution in [1.82, 2.24) is 0 Å². The van der Waals surface area contributed by atoms with Crippen LogP contribution in [-0.4, -0.2) is 32.3 Å². The minimum atomic E-state index is -0.809.